The van der Waals surface area contributed by atoms with E-state index >= 15 is 0 Å². The largest absolute Gasteiger partial charge is 0.351 e. The summed E-state index contributed by atoms with van der Waals surface area (Å²) in [6.07, 6.45) is 11.1. The number of likely N-dealkylation sites (N-methyl/N-ethyl adjacent to an activating group) is 1. The van der Waals surface area contributed by atoms with E-state index in [1.807, 2.05) is 6.08 Å². The van der Waals surface area contributed by atoms with E-state index in [4.69, 9.17) is 0 Å². The van der Waals surface area contributed by atoms with Crippen molar-refractivity contribution < 1.29 is 4.79 Å². The van der Waals surface area contributed by atoms with Gasteiger partial charge in [-0.05, 0) is 32.0 Å². The van der Waals surface area contributed by atoms with Crippen LogP contribution >= 0.6 is 0 Å². The third-order valence-electron chi connectivity index (χ3n) is 3.37. The Labute approximate surface area is 119 Å². The summed E-state index contributed by atoms with van der Waals surface area (Å²) in [5.41, 5.74) is 0. The predicted octanol–water partition coefficient (Wildman–Crippen LogP) is 3.36. The molecule has 0 aromatic heterocycles. The molecule has 0 atom stereocenters. The van der Waals surface area contributed by atoms with E-state index in [0.717, 1.165) is 32.6 Å². The molecule has 1 amide bonds. The minimum Gasteiger partial charge on any atom is -0.351 e. The van der Waals surface area contributed by atoms with Crippen LogP contribution in [0.2, 0.25) is 0 Å². The van der Waals surface area contributed by atoms with Crippen LogP contribution in [0.5, 0.6) is 0 Å². The summed E-state index contributed by atoms with van der Waals surface area (Å²) < 4.78 is 0. The lowest BCUT2D eigenvalue weighted by Crippen LogP contribution is -2.34. The van der Waals surface area contributed by atoms with Crippen LogP contribution in [0.1, 0.15) is 59.3 Å². The molecule has 0 aromatic rings. The Balaban J connectivity index is 3.47. The molecule has 0 radical (unpaired) electrons. The van der Waals surface area contributed by atoms with Crippen molar-refractivity contribution in [1.29, 1.82) is 0 Å². The van der Waals surface area contributed by atoms with E-state index in [2.05, 4.69) is 31.0 Å². The van der Waals surface area contributed by atoms with Crippen LogP contribution in [0.25, 0.3) is 0 Å². The number of unbranched alkanes of at least 4 members (excludes halogenated alkanes) is 5. The lowest BCUT2D eigenvalue weighted by Gasteiger charge is -2.17. The summed E-state index contributed by atoms with van der Waals surface area (Å²) in [4.78, 5) is 13.8. The normalized spacial score (nSPS) is 11.4. The molecule has 19 heavy (non-hydrogen) atoms. The molecular formula is C16H32N2O. The molecule has 0 aliphatic heterocycles. The van der Waals surface area contributed by atoms with Gasteiger partial charge in [-0.3, -0.25) is 4.79 Å². The maximum atomic E-state index is 11.5. The number of hydrogen-bond donors (Lipinski definition) is 1. The monoisotopic (exact) mass is 268 g/mol. The first-order chi connectivity index (χ1) is 9.24. The average Bonchev–Trinajstić information content (AvgIpc) is 2.42. The van der Waals surface area contributed by atoms with Crippen molar-refractivity contribution in [3.63, 3.8) is 0 Å². The highest BCUT2D eigenvalue weighted by molar-refractivity contribution is 5.87. The predicted molar refractivity (Wildman–Crippen MR) is 83.3 cm³/mol. The number of nitrogens with zero attached hydrogens (tertiary/aromatic N) is 1. The molecule has 0 aromatic carbocycles. The fraction of sp³-hybridized carbons (Fsp3) is 0.812. The number of allylic oxidation sites excluding steroid dienone is 1. The Morgan fingerprint density at radius 3 is 2.37 bits per heavy atom. The summed E-state index contributed by atoms with van der Waals surface area (Å²) in [6.45, 7) is 10.3. The molecule has 3 heteroatoms. The quantitative estimate of drug-likeness (QED) is 0.435. The van der Waals surface area contributed by atoms with Crippen LogP contribution < -0.4 is 5.32 Å². The van der Waals surface area contributed by atoms with Gasteiger partial charge in [0.2, 0.25) is 5.91 Å². The number of rotatable bonds is 12. The first-order valence-electron chi connectivity index (χ1n) is 7.91. The van der Waals surface area contributed by atoms with Gasteiger partial charge in [0.25, 0.3) is 0 Å². The number of carbonyl (C=O) groups is 1. The molecule has 0 aliphatic carbocycles. The highest BCUT2D eigenvalue weighted by atomic mass is 16.1. The summed E-state index contributed by atoms with van der Waals surface area (Å²) in [7, 11) is 0. The first-order valence-corrected chi connectivity index (χ1v) is 7.91. The van der Waals surface area contributed by atoms with Gasteiger partial charge < -0.3 is 10.2 Å². The Morgan fingerprint density at radius 1 is 1.05 bits per heavy atom. The maximum absolute atomic E-state index is 11.5. The Bertz CT molecular complexity index is 235. The maximum Gasteiger partial charge on any atom is 0.243 e. The van der Waals surface area contributed by atoms with Crippen LogP contribution in [0.4, 0.5) is 0 Å². The van der Waals surface area contributed by atoms with Gasteiger partial charge >= 0.3 is 0 Å². The van der Waals surface area contributed by atoms with Crippen molar-refractivity contribution in [3.8, 4) is 0 Å². The molecule has 1 N–H and O–H groups in total. The summed E-state index contributed by atoms with van der Waals surface area (Å²) in [5, 5.41) is 2.93. The standard InChI is InChI=1S/C16H32N2O/c1-4-7-8-9-10-11-12-13-16(19)17-14-15-18(5-2)6-3/h12-13H,4-11,14-15H2,1-3H3,(H,17,19)/b13-12+. The number of hydrogen-bond acceptors (Lipinski definition) is 2. The lowest BCUT2D eigenvalue weighted by molar-refractivity contribution is -0.116. The van der Waals surface area contributed by atoms with Crippen LogP contribution in [-0.2, 0) is 4.79 Å². The van der Waals surface area contributed by atoms with E-state index < -0.39 is 0 Å². The second-order valence-electron chi connectivity index (χ2n) is 4.92. The molecule has 0 rings (SSSR count). The molecule has 0 heterocycles. The number of amides is 1. The molecule has 3 nitrogen and oxygen atoms in total. The highest BCUT2D eigenvalue weighted by Gasteiger charge is 1.99. The Kier molecular flexibility index (Phi) is 13.0. The van der Waals surface area contributed by atoms with Gasteiger partial charge in [-0.25, -0.2) is 0 Å². The molecule has 0 unspecified atom stereocenters. The fourth-order valence-corrected chi connectivity index (χ4v) is 1.99. The molecule has 0 spiro atoms. The highest BCUT2D eigenvalue weighted by Crippen LogP contribution is 2.05. The third kappa shape index (κ3) is 12.0. The van der Waals surface area contributed by atoms with Gasteiger partial charge in [0.05, 0.1) is 0 Å². The minimum atomic E-state index is 0.0423. The zero-order chi connectivity index (χ0) is 14.3. The fourth-order valence-electron chi connectivity index (χ4n) is 1.99. The lowest BCUT2D eigenvalue weighted by atomic mass is 10.1. The Hall–Kier alpha value is -0.830. The van der Waals surface area contributed by atoms with Crippen molar-refractivity contribution in [2.75, 3.05) is 26.2 Å². The topological polar surface area (TPSA) is 32.3 Å². The van der Waals surface area contributed by atoms with E-state index in [-0.39, 0.29) is 5.91 Å². The summed E-state index contributed by atoms with van der Waals surface area (Å²) in [6, 6.07) is 0. The second kappa shape index (κ2) is 13.6. The van der Waals surface area contributed by atoms with Crippen molar-refractivity contribution in [1.82, 2.24) is 10.2 Å². The minimum absolute atomic E-state index is 0.0423. The smallest absolute Gasteiger partial charge is 0.243 e. The van der Waals surface area contributed by atoms with Gasteiger partial charge in [-0.2, -0.15) is 0 Å². The van der Waals surface area contributed by atoms with Crippen LogP contribution in [-0.4, -0.2) is 37.0 Å². The molecule has 0 fully saturated rings. The summed E-state index contributed by atoms with van der Waals surface area (Å²) >= 11 is 0. The second-order valence-corrected chi connectivity index (χ2v) is 4.92. The number of nitrogens with one attached hydrogen (secondary N) is 1. The van der Waals surface area contributed by atoms with Crippen molar-refractivity contribution in [2.24, 2.45) is 0 Å². The van der Waals surface area contributed by atoms with Crippen molar-refractivity contribution in [3.05, 3.63) is 12.2 Å². The first kappa shape index (κ1) is 18.2. The molecule has 0 saturated heterocycles. The van der Waals surface area contributed by atoms with Crippen LogP contribution in [0, 0.1) is 0 Å². The molecular weight excluding hydrogens is 236 g/mol. The molecule has 112 valence electrons. The van der Waals surface area contributed by atoms with Gasteiger partial charge in [-0.1, -0.05) is 52.5 Å². The van der Waals surface area contributed by atoms with E-state index in [0.29, 0.717) is 0 Å². The Morgan fingerprint density at radius 2 is 1.74 bits per heavy atom. The third-order valence-corrected chi connectivity index (χ3v) is 3.37. The van der Waals surface area contributed by atoms with Gasteiger partial charge in [0.1, 0.15) is 0 Å². The molecule has 0 aliphatic rings. The zero-order valence-electron chi connectivity index (χ0n) is 13.1. The van der Waals surface area contributed by atoms with E-state index in [1.54, 1.807) is 6.08 Å². The van der Waals surface area contributed by atoms with Crippen molar-refractivity contribution >= 4 is 5.91 Å². The van der Waals surface area contributed by atoms with Crippen LogP contribution in [0.15, 0.2) is 12.2 Å². The van der Waals surface area contributed by atoms with Gasteiger partial charge in [0, 0.05) is 13.1 Å². The summed E-state index contributed by atoms with van der Waals surface area (Å²) in [5.74, 6) is 0.0423. The van der Waals surface area contributed by atoms with Gasteiger partial charge in [0.15, 0.2) is 0 Å². The number of carbonyl (C=O) groups excluding carboxylic acids is 1. The van der Waals surface area contributed by atoms with E-state index in [9.17, 15) is 4.79 Å². The van der Waals surface area contributed by atoms with Crippen molar-refractivity contribution in [2.45, 2.75) is 59.3 Å². The molecule has 0 saturated carbocycles. The SMILES string of the molecule is CCCCCCC/C=C/C(=O)NCCN(CC)CC. The van der Waals surface area contributed by atoms with Gasteiger partial charge in [-0.15, -0.1) is 0 Å². The average molecular weight is 268 g/mol. The molecule has 0 bridgehead atoms. The van der Waals surface area contributed by atoms with E-state index in [1.165, 1.54) is 32.1 Å². The van der Waals surface area contributed by atoms with Crippen LogP contribution in [0.3, 0.4) is 0 Å². The zero-order valence-corrected chi connectivity index (χ0v) is 13.1.